The zero-order chi connectivity index (χ0) is 23.0. The van der Waals surface area contributed by atoms with E-state index in [0.29, 0.717) is 30.8 Å². The van der Waals surface area contributed by atoms with Crippen LogP contribution in [0.4, 0.5) is 0 Å². The number of methoxy groups -OCH3 is 1. The Bertz CT molecular complexity index is 1100. The molecule has 0 atom stereocenters. The van der Waals surface area contributed by atoms with Crippen LogP contribution in [-0.4, -0.2) is 46.2 Å². The van der Waals surface area contributed by atoms with Crippen molar-refractivity contribution in [2.45, 2.75) is 13.5 Å². The van der Waals surface area contributed by atoms with Crippen LogP contribution in [0.3, 0.4) is 0 Å². The minimum atomic E-state index is -1.26. The van der Waals surface area contributed by atoms with Crippen molar-refractivity contribution in [3.05, 3.63) is 77.5 Å². The molecule has 4 N–H and O–H groups in total. The first-order chi connectivity index (χ1) is 14.8. The Hall–Kier alpha value is -3.91. The number of carbonyl (C=O) groups is 3. The molecule has 162 valence electrons. The quantitative estimate of drug-likeness (QED) is 0.392. The van der Waals surface area contributed by atoms with Gasteiger partial charge in [0.1, 0.15) is 5.75 Å². The molecule has 0 spiro atoms. The Kier molecular flexibility index (Phi) is 8.10. The molecule has 1 aromatic heterocycles. The van der Waals surface area contributed by atoms with Gasteiger partial charge in [0.05, 0.1) is 12.7 Å². The third-order valence-corrected chi connectivity index (χ3v) is 4.53. The average Bonchev–Trinajstić information content (AvgIpc) is 3.04. The third-order valence-electron chi connectivity index (χ3n) is 4.53. The van der Waals surface area contributed by atoms with E-state index in [1.54, 1.807) is 19.2 Å². The van der Waals surface area contributed by atoms with E-state index in [0.717, 1.165) is 27.9 Å². The van der Waals surface area contributed by atoms with Crippen LogP contribution in [-0.2, 0) is 16.1 Å². The number of nitrogens with two attached hydrogens (primary N) is 1. The van der Waals surface area contributed by atoms with Crippen molar-refractivity contribution in [1.82, 2.24) is 4.57 Å². The monoisotopic (exact) mass is 424 g/mol. The summed E-state index contributed by atoms with van der Waals surface area (Å²) in [5.41, 5.74) is 9.14. The highest BCUT2D eigenvalue weighted by molar-refractivity contribution is 6.17. The highest BCUT2D eigenvalue weighted by Crippen LogP contribution is 2.28. The second-order valence-corrected chi connectivity index (χ2v) is 6.49. The van der Waals surface area contributed by atoms with Crippen LogP contribution >= 0.6 is 0 Å². The van der Waals surface area contributed by atoms with Crippen LogP contribution in [0.25, 0.3) is 10.9 Å². The number of hydrogen-bond acceptors (Lipinski definition) is 5. The predicted octanol–water partition coefficient (Wildman–Crippen LogP) is 2.86. The Morgan fingerprint density at radius 3 is 2.10 bits per heavy atom. The summed E-state index contributed by atoms with van der Waals surface area (Å²) in [6.07, 6.45) is 1.12. The lowest BCUT2D eigenvalue weighted by Gasteiger charge is -2.07. The van der Waals surface area contributed by atoms with Gasteiger partial charge < -0.3 is 25.3 Å². The number of carboxylic acid groups (broad SMARTS) is 2. The van der Waals surface area contributed by atoms with E-state index in [4.69, 9.17) is 20.7 Å². The molecular weight excluding hydrogens is 400 g/mol. The van der Waals surface area contributed by atoms with Crippen molar-refractivity contribution in [2.75, 3.05) is 13.7 Å². The largest absolute Gasteiger partial charge is 0.497 e. The molecule has 0 aliphatic heterocycles. The molecule has 8 nitrogen and oxygen atoms in total. The van der Waals surface area contributed by atoms with Crippen molar-refractivity contribution >= 4 is 28.6 Å². The van der Waals surface area contributed by atoms with Gasteiger partial charge in [0.25, 0.3) is 0 Å². The molecule has 0 fully saturated rings. The van der Waals surface area contributed by atoms with Gasteiger partial charge in [-0.3, -0.25) is 4.79 Å². The van der Waals surface area contributed by atoms with Gasteiger partial charge in [-0.25, -0.2) is 9.59 Å². The molecule has 0 unspecified atom stereocenters. The van der Waals surface area contributed by atoms with Crippen molar-refractivity contribution in [3.8, 4) is 5.75 Å². The van der Waals surface area contributed by atoms with Gasteiger partial charge in [0.15, 0.2) is 5.78 Å². The molecule has 0 saturated heterocycles. The Labute approximate surface area is 179 Å². The zero-order valence-electron chi connectivity index (χ0n) is 17.2. The number of nitrogens with zero attached hydrogens (tertiary/aromatic N) is 1. The fraction of sp³-hybridized carbons (Fsp3) is 0.174. The highest BCUT2D eigenvalue weighted by Gasteiger charge is 2.20. The number of fused-ring (bicyclic) bond motifs is 1. The molecule has 0 bridgehead atoms. The number of hydrogen-bond donors (Lipinski definition) is 3. The first-order valence-electron chi connectivity index (χ1n) is 9.40. The minimum absolute atomic E-state index is 0.0251. The van der Waals surface area contributed by atoms with E-state index in [1.807, 2.05) is 43.3 Å². The first kappa shape index (κ1) is 23.4. The minimum Gasteiger partial charge on any atom is -0.497 e. The SMILES string of the molecule is COc1ccc(C(=O)c2c(C)n(CCN)c3ccccc23)cc1.O=C(O)/C=C\C(=O)O. The maximum absolute atomic E-state index is 13.0. The van der Waals surface area contributed by atoms with Crippen LogP contribution in [0.2, 0.25) is 0 Å². The smallest absolute Gasteiger partial charge is 0.328 e. The summed E-state index contributed by atoms with van der Waals surface area (Å²) in [6.45, 7) is 3.21. The Morgan fingerprint density at radius 2 is 1.58 bits per heavy atom. The van der Waals surface area contributed by atoms with Crippen molar-refractivity contribution in [1.29, 1.82) is 0 Å². The fourth-order valence-electron chi connectivity index (χ4n) is 3.16. The normalized spacial score (nSPS) is 10.5. The lowest BCUT2D eigenvalue weighted by molar-refractivity contribution is -0.134. The van der Waals surface area contributed by atoms with Gasteiger partial charge in [0, 0.05) is 47.4 Å². The number of ketones is 1. The molecule has 1 heterocycles. The molecule has 31 heavy (non-hydrogen) atoms. The van der Waals surface area contributed by atoms with Crippen LogP contribution in [0.15, 0.2) is 60.7 Å². The average molecular weight is 424 g/mol. The van der Waals surface area contributed by atoms with Crippen LogP contribution in [0, 0.1) is 6.92 Å². The fourth-order valence-corrected chi connectivity index (χ4v) is 3.16. The standard InChI is InChI=1S/C19H20N2O2.C4H4O4/c1-13-18(19(22)14-7-9-15(23-2)10-8-14)16-5-3-4-6-17(16)21(13)12-11-20;5-3(6)1-2-4(7)8/h3-10H,11-12,20H2,1-2H3;1-2H,(H,5,6)(H,7,8)/b;2-1-. The van der Waals surface area contributed by atoms with E-state index in [2.05, 4.69) is 4.57 Å². The number of benzene rings is 2. The predicted molar refractivity (Wildman–Crippen MR) is 117 cm³/mol. The number of aromatic nitrogens is 1. The van der Waals surface area contributed by atoms with E-state index in [9.17, 15) is 14.4 Å². The molecule has 8 heteroatoms. The van der Waals surface area contributed by atoms with Gasteiger partial charge >= 0.3 is 11.9 Å². The molecule has 0 amide bonds. The van der Waals surface area contributed by atoms with Gasteiger partial charge in [-0.2, -0.15) is 0 Å². The third kappa shape index (κ3) is 5.80. The number of rotatable bonds is 7. The summed E-state index contributed by atoms with van der Waals surface area (Å²) in [7, 11) is 1.61. The Morgan fingerprint density at radius 1 is 1.00 bits per heavy atom. The number of ether oxygens (including phenoxy) is 1. The molecule has 0 radical (unpaired) electrons. The van der Waals surface area contributed by atoms with E-state index in [-0.39, 0.29) is 5.78 Å². The topological polar surface area (TPSA) is 132 Å². The zero-order valence-corrected chi connectivity index (χ0v) is 17.2. The second-order valence-electron chi connectivity index (χ2n) is 6.49. The molecular formula is C23H24N2O6. The molecule has 2 aromatic carbocycles. The highest BCUT2D eigenvalue weighted by atomic mass is 16.5. The van der Waals surface area contributed by atoms with Crippen LogP contribution in [0.5, 0.6) is 5.75 Å². The van der Waals surface area contributed by atoms with Gasteiger partial charge in [-0.05, 0) is 37.3 Å². The Balaban J connectivity index is 0.000000366. The second kappa shape index (κ2) is 10.7. The van der Waals surface area contributed by atoms with Crippen LogP contribution < -0.4 is 10.5 Å². The van der Waals surface area contributed by atoms with E-state index < -0.39 is 11.9 Å². The molecule has 3 aromatic rings. The molecule has 0 aliphatic rings. The van der Waals surface area contributed by atoms with Crippen molar-refractivity contribution < 1.29 is 29.3 Å². The van der Waals surface area contributed by atoms with Crippen molar-refractivity contribution in [3.63, 3.8) is 0 Å². The maximum Gasteiger partial charge on any atom is 0.328 e. The first-order valence-corrected chi connectivity index (χ1v) is 9.40. The summed E-state index contributed by atoms with van der Waals surface area (Å²) >= 11 is 0. The van der Waals surface area contributed by atoms with Gasteiger partial charge in [-0.1, -0.05) is 18.2 Å². The number of carbonyl (C=O) groups excluding carboxylic acids is 1. The summed E-state index contributed by atoms with van der Waals surface area (Å²) in [4.78, 5) is 32.1. The molecule has 0 saturated carbocycles. The summed E-state index contributed by atoms with van der Waals surface area (Å²) in [5.74, 6) is -1.75. The summed E-state index contributed by atoms with van der Waals surface area (Å²) in [6, 6.07) is 15.2. The van der Waals surface area contributed by atoms with Crippen molar-refractivity contribution in [2.24, 2.45) is 5.73 Å². The lowest BCUT2D eigenvalue weighted by atomic mass is 10.0. The molecule has 0 aliphatic carbocycles. The van der Waals surface area contributed by atoms with Gasteiger partial charge in [0.2, 0.25) is 0 Å². The number of aliphatic carboxylic acids is 2. The summed E-state index contributed by atoms with van der Waals surface area (Å²) < 4.78 is 7.27. The lowest BCUT2D eigenvalue weighted by Crippen LogP contribution is -2.12. The number of carboxylic acids is 2. The number of para-hydroxylation sites is 1. The van der Waals surface area contributed by atoms with Gasteiger partial charge in [-0.15, -0.1) is 0 Å². The maximum atomic E-state index is 13.0. The summed E-state index contributed by atoms with van der Waals surface area (Å²) in [5, 5.41) is 16.6. The van der Waals surface area contributed by atoms with Crippen LogP contribution in [0.1, 0.15) is 21.6 Å². The molecule has 3 rings (SSSR count). The van der Waals surface area contributed by atoms with E-state index >= 15 is 0 Å². The van der Waals surface area contributed by atoms with E-state index in [1.165, 1.54) is 0 Å².